The molecule has 0 saturated heterocycles. The van der Waals surface area contributed by atoms with Crippen molar-refractivity contribution in [2.75, 3.05) is 7.11 Å². The van der Waals surface area contributed by atoms with Crippen molar-refractivity contribution in [3.63, 3.8) is 0 Å². The number of hydrogen-bond donors (Lipinski definition) is 0. The molecule has 0 atom stereocenters. The molecule has 0 aromatic carbocycles. The van der Waals surface area contributed by atoms with Gasteiger partial charge < -0.3 is 4.74 Å². The minimum atomic E-state index is -4.33. The fourth-order valence-corrected chi connectivity index (χ4v) is 2.24. The number of pyridine rings is 1. The van der Waals surface area contributed by atoms with Crippen LogP contribution in [0.15, 0.2) is 11.2 Å². The number of halogens is 3. The van der Waals surface area contributed by atoms with Crippen molar-refractivity contribution in [3.05, 3.63) is 17.3 Å². The molecule has 16 heavy (non-hydrogen) atoms. The van der Waals surface area contributed by atoms with E-state index in [1.165, 1.54) is 14.0 Å². The molecule has 0 unspecified atom stereocenters. The Bertz CT molecular complexity index is 504. The predicted molar refractivity (Wildman–Crippen MR) is 53.5 cm³/mol. The summed E-state index contributed by atoms with van der Waals surface area (Å²) in [5.41, 5.74) is -0.501. The second-order valence-corrected chi connectivity index (χ2v) is 5.41. The van der Waals surface area contributed by atoms with Gasteiger partial charge in [0, 0.05) is 22.4 Å². The Morgan fingerprint density at radius 1 is 1.50 bits per heavy atom. The Balaban J connectivity index is 3.65. The van der Waals surface area contributed by atoms with E-state index in [0.717, 1.165) is 6.20 Å². The Morgan fingerprint density at radius 2 is 2.06 bits per heavy atom. The van der Waals surface area contributed by atoms with Crippen LogP contribution in [0.1, 0.15) is 17.6 Å². The summed E-state index contributed by atoms with van der Waals surface area (Å²) < 4.78 is 52.3. The third kappa shape index (κ3) is 2.41. The van der Waals surface area contributed by atoms with Crippen molar-refractivity contribution in [1.29, 1.82) is 0 Å². The van der Waals surface area contributed by atoms with E-state index in [-0.39, 0.29) is 5.75 Å². The van der Waals surface area contributed by atoms with Crippen molar-refractivity contribution in [2.24, 2.45) is 0 Å². The zero-order chi connectivity index (χ0) is 12.5. The van der Waals surface area contributed by atoms with Crippen LogP contribution in [-0.2, 0) is 9.05 Å². The van der Waals surface area contributed by atoms with E-state index < -0.39 is 26.1 Å². The van der Waals surface area contributed by atoms with E-state index in [0.29, 0.717) is 5.56 Å². The van der Waals surface area contributed by atoms with E-state index in [9.17, 15) is 17.2 Å². The summed E-state index contributed by atoms with van der Waals surface area (Å²) >= 11 is 0. The number of aryl methyl sites for hydroxylation is 1. The second-order valence-electron chi connectivity index (χ2n) is 2.93. The van der Waals surface area contributed by atoms with Crippen molar-refractivity contribution in [2.45, 2.75) is 18.4 Å². The first kappa shape index (κ1) is 13.1. The van der Waals surface area contributed by atoms with Crippen LogP contribution in [-0.4, -0.2) is 20.5 Å². The topological polar surface area (TPSA) is 56.3 Å². The number of ether oxygens (including phenoxy) is 1. The molecule has 0 bridgehead atoms. The first-order chi connectivity index (χ1) is 7.29. The van der Waals surface area contributed by atoms with Crippen molar-refractivity contribution in [1.82, 2.24) is 4.98 Å². The molecule has 90 valence electrons. The standard InChI is InChI=1S/C8H8ClF2NO3S/c1-4-3-12-8(16(9,13)14)5(7(10)11)6(4)15-2/h3,7H,1-2H3. The maximum atomic E-state index is 12.7. The number of hydrogen-bond acceptors (Lipinski definition) is 4. The molecule has 1 aromatic rings. The van der Waals surface area contributed by atoms with Gasteiger partial charge in [-0.05, 0) is 6.92 Å². The largest absolute Gasteiger partial charge is 0.496 e. The van der Waals surface area contributed by atoms with E-state index in [4.69, 9.17) is 15.4 Å². The molecule has 1 aromatic heterocycles. The number of alkyl halides is 2. The van der Waals surface area contributed by atoms with Crippen molar-refractivity contribution < 1.29 is 21.9 Å². The summed E-state index contributed by atoms with van der Waals surface area (Å²) in [5.74, 6) is -0.218. The molecule has 0 aliphatic heterocycles. The van der Waals surface area contributed by atoms with Gasteiger partial charge in [-0.25, -0.2) is 22.2 Å². The van der Waals surface area contributed by atoms with E-state index >= 15 is 0 Å². The highest BCUT2D eigenvalue weighted by molar-refractivity contribution is 8.13. The highest BCUT2D eigenvalue weighted by Gasteiger charge is 2.28. The lowest BCUT2D eigenvalue weighted by Gasteiger charge is -2.12. The average Bonchev–Trinajstić information content (AvgIpc) is 2.14. The summed E-state index contributed by atoms with van der Waals surface area (Å²) in [6, 6.07) is 0. The van der Waals surface area contributed by atoms with E-state index in [2.05, 4.69) is 4.98 Å². The van der Waals surface area contributed by atoms with Gasteiger partial charge in [-0.3, -0.25) is 0 Å². The number of rotatable bonds is 3. The minimum absolute atomic E-state index is 0.218. The molecule has 0 saturated carbocycles. The van der Waals surface area contributed by atoms with Crippen LogP contribution in [0.2, 0.25) is 0 Å². The number of aromatic nitrogens is 1. The number of nitrogens with zero attached hydrogens (tertiary/aromatic N) is 1. The van der Waals surface area contributed by atoms with Crippen LogP contribution in [0, 0.1) is 6.92 Å². The Morgan fingerprint density at radius 3 is 2.44 bits per heavy atom. The summed E-state index contributed by atoms with van der Waals surface area (Å²) in [5, 5.41) is -0.869. The van der Waals surface area contributed by atoms with Gasteiger partial charge in [-0.1, -0.05) is 0 Å². The molecule has 0 fully saturated rings. The molecule has 1 heterocycles. The first-order valence-corrected chi connectivity index (χ1v) is 6.36. The van der Waals surface area contributed by atoms with Crippen LogP contribution >= 0.6 is 10.7 Å². The maximum absolute atomic E-state index is 12.7. The molecule has 0 radical (unpaired) electrons. The van der Waals surface area contributed by atoms with Crippen molar-refractivity contribution in [3.8, 4) is 5.75 Å². The summed E-state index contributed by atoms with van der Waals surface area (Å²) in [4.78, 5) is 3.40. The molecule has 4 nitrogen and oxygen atoms in total. The van der Waals surface area contributed by atoms with E-state index in [1.54, 1.807) is 0 Å². The summed E-state index contributed by atoms with van der Waals surface area (Å²) in [6.45, 7) is 1.47. The van der Waals surface area contributed by atoms with Crippen LogP contribution in [0.5, 0.6) is 5.75 Å². The zero-order valence-corrected chi connectivity index (χ0v) is 9.94. The fraction of sp³-hybridized carbons (Fsp3) is 0.375. The van der Waals surface area contributed by atoms with Crippen molar-refractivity contribution >= 4 is 19.7 Å². The predicted octanol–water partition coefficient (Wildman–Crippen LogP) is 2.26. The monoisotopic (exact) mass is 271 g/mol. The lowest BCUT2D eigenvalue weighted by Crippen LogP contribution is -2.06. The average molecular weight is 272 g/mol. The normalized spacial score (nSPS) is 11.9. The highest BCUT2D eigenvalue weighted by Crippen LogP contribution is 2.36. The molecule has 0 aliphatic carbocycles. The minimum Gasteiger partial charge on any atom is -0.496 e. The SMILES string of the molecule is COc1c(C)cnc(S(=O)(=O)Cl)c1C(F)F. The molecule has 0 spiro atoms. The Kier molecular flexibility index (Phi) is 3.69. The van der Waals surface area contributed by atoms with Gasteiger partial charge in [0.2, 0.25) is 0 Å². The van der Waals surface area contributed by atoms with Gasteiger partial charge in [0.05, 0.1) is 12.7 Å². The molecule has 1 rings (SSSR count). The lowest BCUT2D eigenvalue weighted by molar-refractivity contribution is 0.142. The third-order valence-electron chi connectivity index (χ3n) is 1.86. The highest BCUT2D eigenvalue weighted by atomic mass is 35.7. The Hall–Kier alpha value is -0.950. The van der Waals surface area contributed by atoms with Gasteiger partial charge in [0.1, 0.15) is 5.75 Å². The molecular weight excluding hydrogens is 264 g/mol. The number of methoxy groups -OCH3 is 1. The first-order valence-electron chi connectivity index (χ1n) is 4.05. The van der Waals surface area contributed by atoms with Crippen LogP contribution in [0.3, 0.4) is 0 Å². The Labute approximate surface area is 95.6 Å². The quantitative estimate of drug-likeness (QED) is 0.792. The lowest BCUT2D eigenvalue weighted by atomic mass is 10.2. The third-order valence-corrected chi connectivity index (χ3v) is 3.09. The van der Waals surface area contributed by atoms with E-state index in [1.807, 2.05) is 0 Å². The smallest absolute Gasteiger partial charge is 0.279 e. The molecule has 0 N–H and O–H groups in total. The fourth-order valence-electron chi connectivity index (χ4n) is 1.25. The summed E-state index contributed by atoms with van der Waals surface area (Å²) in [6.07, 6.45) is -1.93. The van der Waals surface area contributed by atoms with Gasteiger partial charge in [0.15, 0.2) is 5.03 Å². The molecular formula is C8H8ClF2NO3S. The van der Waals surface area contributed by atoms with Crippen LogP contribution < -0.4 is 4.74 Å². The van der Waals surface area contributed by atoms with Crippen LogP contribution in [0.4, 0.5) is 8.78 Å². The van der Waals surface area contributed by atoms with Gasteiger partial charge >= 0.3 is 0 Å². The van der Waals surface area contributed by atoms with Crippen LogP contribution in [0.25, 0.3) is 0 Å². The summed E-state index contributed by atoms with van der Waals surface area (Å²) in [7, 11) is 1.85. The maximum Gasteiger partial charge on any atom is 0.279 e. The molecule has 0 amide bonds. The zero-order valence-electron chi connectivity index (χ0n) is 8.37. The van der Waals surface area contributed by atoms with Gasteiger partial charge in [-0.15, -0.1) is 0 Å². The second kappa shape index (κ2) is 4.50. The molecule has 8 heteroatoms. The van der Waals surface area contributed by atoms with Gasteiger partial charge in [0.25, 0.3) is 15.5 Å². The van der Waals surface area contributed by atoms with Gasteiger partial charge in [-0.2, -0.15) is 0 Å². The molecule has 0 aliphatic rings.